The summed E-state index contributed by atoms with van der Waals surface area (Å²) in [5, 5.41) is 2.32. The second kappa shape index (κ2) is 6.58. The van der Waals surface area contributed by atoms with Crippen LogP contribution in [0.4, 0.5) is 0 Å². The van der Waals surface area contributed by atoms with Crippen LogP contribution in [0.15, 0.2) is 84.9 Å². The summed E-state index contributed by atoms with van der Waals surface area (Å²) in [7, 11) is 0. The van der Waals surface area contributed by atoms with Crippen molar-refractivity contribution in [2.45, 2.75) is 13.8 Å². The van der Waals surface area contributed by atoms with E-state index in [1.807, 2.05) is 0 Å². The van der Waals surface area contributed by atoms with E-state index in [4.69, 9.17) is 9.97 Å². The Balaban J connectivity index is 1.86. The van der Waals surface area contributed by atoms with Gasteiger partial charge in [0.25, 0.3) is 0 Å². The van der Waals surface area contributed by atoms with Gasteiger partial charge in [0.2, 0.25) is 0 Å². The van der Waals surface area contributed by atoms with Gasteiger partial charge in [-0.25, -0.2) is 9.97 Å². The van der Waals surface area contributed by atoms with Crippen molar-refractivity contribution in [2.24, 2.45) is 0 Å². The average Bonchev–Trinajstić information content (AvgIpc) is 2.74. The van der Waals surface area contributed by atoms with Gasteiger partial charge in [-0.1, -0.05) is 90.0 Å². The summed E-state index contributed by atoms with van der Waals surface area (Å²) in [6, 6.07) is 29.6. The van der Waals surface area contributed by atoms with Crippen molar-refractivity contribution >= 4 is 21.8 Å². The van der Waals surface area contributed by atoms with E-state index in [2.05, 4.69) is 98.8 Å². The van der Waals surface area contributed by atoms with E-state index < -0.39 is 0 Å². The molecule has 0 aliphatic heterocycles. The first-order valence-corrected chi connectivity index (χ1v) is 9.53. The third kappa shape index (κ3) is 2.84. The maximum Gasteiger partial charge on any atom is 0.0973 e. The predicted molar refractivity (Wildman–Crippen MR) is 117 cm³/mol. The summed E-state index contributed by atoms with van der Waals surface area (Å²) in [6.45, 7) is 4.20. The normalized spacial score (nSPS) is 11.2. The van der Waals surface area contributed by atoms with Crippen LogP contribution in [-0.2, 0) is 0 Å². The van der Waals surface area contributed by atoms with Crippen LogP contribution in [-0.4, -0.2) is 9.97 Å². The summed E-state index contributed by atoms with van der Waals surface area (Å²) in [5.41, 5.74) is 8.36. The molecule has 0 unspecified atom stereocenters. The lowest BCUT2D eigenvalue weighted by atomic mass is 10.0. The van der Waals surface area contributed by atoms with E-state index in [0.717, 1.165) is 38.9 Å². The van der Waals surface area contributed by atoms with Crippen molar-refractivity contribution < 1.29 is 0 Å². The highest BCUT2D eigenvalue weighted by atomic mass is 14.8. The molecule has 0 saturated carbocycles. The van der Waals surface area contributed by atoms with Crippen molar-refractivity contribution in [3.8, 4) is 22.5 Å². The number of hydrogen-bond acceptors (Lipinski definition) is 2. The van der Waals surface area contributed by atoms with Crippen LogP contribution in [0.5, 0.6) is 0 Å². The van der Waals surface area contributed by atoms with E-state index in [-0.39, 0.29) is 0 Å². The maximum absolute atomic E-state index is 5.14. The van der Waals surface area contributed by atoms with Crippen molar-refractivity contribution in [3.63, 3.8) is 0 Å². The van der Waals surface area contributed by atoms with E-state index in [1.54, 1.807) is 0 Å². The summed E-state index contributed by atoms with van der Waals surface area (Å²) in [4.78, 5) is 10.2. The number of aromatic nitrogens is 2. The lowest BCUT2D eigenvalue weighted by molar-refractivity contribution is 1.29. The topological polar surface area (TPSA) is 25.8 Å². The highest BCUT2D eigenvalue weighted by molar-refractivity contribution is 6.05. The van der Waals surface area contributed by atoms with Crippen molar-refractivity contribution in [1.29, 1.82) is 0 Å². The Hall–Kier alpha value is -3.52. The number of hydrogen-bond donors (Lipinski definition) is 0. The van der Waals surface area contributed by atoms with Crippen LogP contribution >= 0.6 is 0 Å². The predicted octanol–water partition coefficient (Wildman–Crippen LogP) is 6.73. The molecule has 0 saturated heterocycles. The summed E-state index contributed by atoms with van der Waals surface area (Å²) in [6.07, 6.45) is 0. The quantitative estimate of drug-likeness (QED) is 0.326. The highest BCUT2D eigenvalue weighted by Gasteiger charge is 2.14. The molecule has 4 aromatic carbocycles. The van der Waals surface area contributed by atoms with Crippen LogP contribution in [0.1, 0.15) is 11.1 Å². The minimum absolute atomic E-state index is 0.921. The molecule has 0 amide bonds. The molecule has 2 nitrogen and oxygen atoms in total. The molecule has 0 N–H and O–H groups in total. The van der Waals surface area contributed by atoms with Gasteiger partial charge in [-0.2, -0.15) is 0 Å². The Morgan fingerprint density at radius 1 is 0.536 bits per heavy atom. The Kier molecular flexibility index (Phi) is 3.91. The fraction of sp³-hybridized carbons (Fsp3) is 0.0769. The third-order valence-corrected chi connectivity index (χ3v) is 5.21. The molecule has 0 bridgehead atoms. The second-order valence-electron chi connectivity index (χ2n) is 7.31. The summed E-state index contributed by atoms with van der Waals surface area (Å²) in [5.74, 6) is 0. The van der Waals surface area contributed by atoms with Gasteiger partial charge in [-0.05, 0) is 25.3 Å². The van der Waals surface area contributed by atoms with Gasteiger partial charge >= 0.3 is 0 Å². The van der Waals surface area contributed by atoms with Crippen molar-refractivity contribution in [3.05, 3.63) is 96.1 Å². The zero-order chi connectivity index (χ0) is 19.1. The average molecular weight is 360 g/mol. The second-order valence-corrected chi connectivity index (χ2v) is 7.31. The molecule has 134 valence electrons. The molecule has 5 rings (SSSR count). The Labute approximate surface area is 164 Å². The number of fused-ring (bicyclic) bond motifs is 3. The maximum atomic E-state index is 5.14. The van der Waals surface area contributed by atoms with E-state index in [0.29, 0.717) is 0 Å². The number of aryl methyl sites for hydroxylation is 2. The minimum atomic E-state index is 0.921. The molecule has 2 heteroatoms. The molecule has 0 atom stereocenters. The molecular weight excluding hydrogens is 340 g/mol. The molecule has 0 aliphatic carbocycles. The van der Waals surface area contributed by atoms with Gasteiger partial charge in [-0.3, -0.25) is 0 Å². The van der Waals surface area contributed by atoms with Gasteiger partial charge in [0.1, 0.15) is 0 Å². The first-order chi connectivity index (χ1) is 13.7. The van der Waals surface area contributed by atoms with E-state index >= 15 is 0 Å². The molecule has 0 radical (unpaired) electrons. The van der Waals surface area contributed by atoms with E-state index in [1.165, 1.54) is 16.5 Å². The van der Waals surface area contributed by atoms with Gasteiger partial charge in [0.05, 0.1) is 22.4 Å². The first kappa shape index (κ1) is 16.6. The molecule has 1 aromatic heterocycles. The van der Waals surface area contributed by atoms with Crippen molar-refractivity contribution in [2.75, 3.05) is 0 Å². The zero-order valence-corrected chi connectivity index (χ0v) is 16.0. The fourth-order valence-corrected chi connectivity index (χ4v) is 3.61. The standard InChI is InChI=1S/C26H20N2/c1-17-7-11-20(12-8-17)24-25(21-13-9-18(2)10-14-21)28-26-22-6-4-3-5-19(22)15-16-23(26)27-24/h3-16H,1-2H3. The summed E-state index contributed by atoms with van der Waals surface area (Å²) < 4.78 is 0. The zero-order valence-electron chi connectivity index (χ0n) is 16.0. The Morgan fingerprint density at radius 2 is 1.11 bits per heavy atom. The van der Waals surface area contributed by atoms with E-state index in [9.17, 15) is 0 Å². The first-order valence-electron chi connectivity index (χ1n) is 9.53. The molecule has 5 aromatic rings. The number of nitrogens with zero attached hydrogens (tertiary/aromatic N) is 2. The van der Waals surface area contributed by atoms with Gasteiger partial charge in [0, 0.05) is 16.5 Å². The summed E-state index contributed by atoms with van der Waals surface area (Å²) >= 11 is 0. The van der Waals surface area contributed by atoms with Crippen molar-refractivity contribution in [1.82, 2.24) is 9.97 Å². The molecular formula is C26H20N2. The fourth-order valence-electron chi connectivity index (χ4n) is 3.61. The molecule has 0 fully saturated rings. The highest BCUT2D eigenvalue weighted by Crippen LogP contribution is 2.33. The van der Waals surface area contributed by atoms with Gasteiger partial charge in [0.15, 0.2) is 0 Å². The van der Waals surface area contributed by atoms with Crippen LogP contribution < -0.4 is 0 Å². The van der Waals surface area contributed by atoms with Crippen LogP contribution in [0, 0.1) is 13.8 Å². The molecule has 0 spiro atoms. The third-order valence-electron chi connectivity index (χ3n) is 5.21. The number of rotatable bonds is 2. The van der Waals surface area contributed by atoms with Crippen LogP contribution in [0.25, 0.3) is 44.3 Å². The largest absolute Gasteiger partial charge is 0.244 e. The monoisotopic (exact) mass is 360 g/mol. The smallest absolute Gasteiger partial charge is 0.0973 e. The van der Waals surface area contributed by atoms with Gasteiger partial charge in [-0.15, -0.1) is 0 Å². The van der Waals surface area contributed by atoms with Crippen LogP contribution in [0.2, 0.25) is 0 Å². The lowest BCUT2D eigenvalue weighted by Crippen LogP contribution is -1.96. The van der Waals surface area contributed by atoms with Crippen LogP contribution in [0.3, 0.4) is 0 Å². The molecule has 28 heavy (non-hydrogen) atoms. The minimum Gasteiger partial charge on any atom is -0.244 e. The SMILES string of the molecule is Cc1ccc(-c2nc3ccc4ccccc4c3nc2-c2ccc(C)cc2)cc1. The molecule has 0 aliphatic rings. The lowest BCUT2D eigenvalue weighted by Gasteiger charge is -2.12. The number of benzene rings is 4. The van der Waals surface area contributed by atoms with Gasteiger partial charge < -0.3 is 0 Å². The Morgan fingerprint density at radius 3 is 1.75 bits per heavy atom. The Bertz CT molecular complexity index is 1300. The molecule has 1 heterocycles.